The Kier molecular flexibility index (Phi) is 2.83. The van der Waals surface area contributed by atoms with Crippen molar-refractivity contribution in [3.8, 4) is 0 Å². The highest BCUT2D eigenvalue weighted by Crippen LogP contribution is 2.20. The van der Waals surface area contributed by atoms with E-state index in [1.165, 1.54) is 0 Å². The summed E-state index contributed by atoms with van der Waals surface area (Å²) < 4.78 is 0. The van der Waals surface area contributed by atoms with Crippen molar-refractivity contribution in [3.05, 3.63) is 24.7 Å². The number of aromatic nitrogens is 3. The number of nitrogens with zero attached hydrogens (tertiary/aromatic N) is 4. The van der Waals surface area contributed by atoms with Crippen LogP contribution in [0.25, 0.3) is 11.0 Å². The topological polar surface area (TPSA) is 53.9 Å². The van der Waals surface area contributed by atoms with Gasteiger partial charge in [-0.3, -0.25) is 4.98 Å². The van der Waals surface area contributed by atoms with Gasteiger partial charge in [0.1, 0.15) is 5.52 Å². The first-order valence-corrected chi connectivity index (χ1v) is 5.96. The Morgan fingerprint density at radius 1 is 1.00 bits per heavy atom. The van der Waals surface area contributed by atoms with Crippen LogP contribution in [0.3, 0.4) is 0 Å². The number of nitrogens with one attached hydrogen (secondary N) is 1. The monoisotopic (exact) mass is 229 g/mol. The minimum absolute atomic E-state index is 0.900. The van der Waals surface area contributed by atoms with Crippen LogP contribution in [0.4, 0.5) is 5.82 Å². The van der Waals surface area contributed by atoms with E-state index in [1.54, 1.807) is 12.4 Å². The number of fused-ring (bicyclic) bond motifs is 1. The largest absolute Gasteiger partial charge is 0.353 e. The molecule has 0 atom stereocenters. The number of hydrogen-bond acceptors (Lipinski definition) is 5. The molecule has 0 aliphatic carbocycles. The molecule has 2 aromatic heterocycles. The molecule has 1 aliphatic rings. The molecule has 1 N–H and O–H groups in total. The summed E-state index contributed by atoms with van der Waals surface area (Å²) in [6.07, 6.45) is 6.39. The molecule has 17 heavy (non-hydrogen) atoms. The third kappa shape index (κ3) is 2.06. The quantitative estimate of drug-likeness (QED) is 0.784. The van der Waals surface area contributed by atoms with Crippen LogP contribution in [0.5, 0.6) is 0 Å². The zero-order chi connectivity index (χ0) is 11.5. The molecule has 3 rings (SSSR count). The van der Waals surface area contributed by atoms with E-state index in [-0.39, 0.29) is 0 Å². The summed E-state index contributed by atoms with van der Waals surface area (Å²) in [5.41, 5.74) is 1.81. The summed E-state index contributed by atoms with van der Waals surface area (Å²) in [5.74, 6) is 0.958. The molecule has 1 fully saturated rings. The average molecular weight is 229 g/mol. The Morgan fingerprint density at radius 2 is 1.94 bits per heavy atom. The van der Waals surface area contributed by atoms with Gasteiger partial charge in [-0.2, -0.15) is 0 Å². The van der Waals surface area contributed by atoms with Gasteiger partial charge in [0.2, 0.25) is 0 Å². The lowest BCUT2D eigenvalue weighted by Gasteiger charge is -2.21. The smallest absolute Gasteiger partial charge is 0.156 e. The molecule has 0 spiro atoms. The fourth-order valence-electron chi connectivity index (χ4n) is 2.17. The summed E-state index contributed by atoms with van der Waals surface area (Å²) in [4.78, 5) is 15.5. The van der Waals surface area contributed by atoms with Gasteiger partial charge in [0.15, 0.2) is 5.82 Å². The summed E-state index contributed by atoms with van der Waals surface area (Å²) >= 11 is 0. The van der Waals surface area contributed by atoms with Crippen LogP contribution in [0.2, 0.25) is 0 Å². The second-order valence-corrected chi connectivity index (χ2v) is 4.15. The second-order valence-electron chi connectivity index (χ2n) is 4.15. The molecule has 2 aromatic rings. The van der Waals surface area contributed by atoms with Crippen LogP contribution in [0.15, 0.2) is 24.7 Å². The van der Waals surface area contributed by atoms with Crippen LogP contribution < -0.4 is 10.2 Å². The van der Waals surface area contributed by atoms with E-state index in [0.717, 1.165) is 49.5 Å². The van der Waals surface area contributed by atoms with Crippen molar-refractivity contribution < 1.29 is 0 Å². The van der Waals surface area contributed by atoms with Crippen LogP contribution in [0, 0.1) is 0 Å². The molecule has 0 aromatic carbocycles. The molecule has 5 nitrogen and oxygen atoms in total. The van der Waals surface area contributed by atoms with Gasteiger partial charge in [0.05, 0.1) is 5.52 Å². The zero-order valence-electron chi connectivity index (χ0n) is 9.63. The van der Waals surface area contributed by atoms with Gasteiger partial charge < -0.3 is 10.2 Å². The fourth-order valence-corrected chi connectivity index (χ4v) is 2.17. The first kappa shape index (κ1) is 10.4. The van der Waals surface area contributed by atoms with Crippen LogP contribution in [0.1, 0.15) is 6.42 Å². The normalized spacial score (nSPS) is 17.1. The van der Waals surface area contributed by atoms with Gasteiger partial charge in [0.25, 0.3) is 0 Å². The highest BCUT2D eigenvalue weighted by atomic mass is 15.2. The van der Waals surface area contributed by atoms with E-state index < -0.39 is 0 Å². The molecule has 0 unspecified atom stereocenters. The minimum Gasteiger partial charge on any atom is -0.353 e. The van der Waals surface area contributed by atoms with E-state index >= 15 is 0 Å². The van der Waals surface area contributed by atoms with Crippen molar-refractivity contribution in [2.75, 3.05) is 31.1 Å². The van der Waals surface area contributed by atoms with Crippen molar-refractivity contribution in [2.45, 2.75) is 6.42 Å². The highest BCUT2D eigenvalue weighted by Gasteiger charge is 2.14. The standard InChI is InChI=1S/C12H15N5/c1-3-13-7-9-17(8-1)12-11-10(2-4-16-12)14-5-6-15-11/h2,4-6,13H,1,3,7-9H2. The lowest BCUT2D eigenvalue weighted by Crippen LogP contribution is -2.28. The maximum atomic E-state index is 4.47. The van der Waals surface area contributed by atoms with E-state index in [2.05, 4.69) is 25.2 Å². The first-order valence-electron chi connectivity index (χ1n) is 5.96. The summed E-state index contributed by atoms with van der Waals surface area (Å²) in [6.45, 7) is 4.07. The summed E-state index contributed by atoms with van der Waals surface area (Å²) in [7, 11) is 0. The van der Waals surface area contributed by atoms with Gasteiger partial charge in [-0.15, -0.1) is 0 Å². The fraction of sp³-hybridized carbons (Fsp3) is 0.417. The van der Waals surface area contributed by atoms with E-state index in [0.29, 0.717) is 0 Å². The Balaban J connectivity index is 2.03. The number of anilines is 1. The molecule has 88 valence electrons. The Hall–Kier alpha value is -1.75. The van der Waals surface area contributed by atoms with Crippen molar-refractivity contribution in [3.63, 3.8) is 0 Å². The zero-order valence-corrected chi connectivity index (χ0v) is 9.63. The van der Waals surface area contributed by atoms with Crippen LogP contribution in [-0.4, -0.2) is 41.1 Å². The Bertz CT molecular complexity index is 500. The maximum absolute atomic E-state index is 4.47. The van der Waals surface area contributed by atoms with Crippen molar-refractivity contribution >= 4 is 16.9 Å². The predicted octanol–water partition coefficient (Wildman–Crippen LogP) is 0.824. The van der Waals surface area contributed by atoms with Crippen molar-refractivity contribution in [1.82, 2.24) is 20.3 Å². The van der Waals surface area contributed by atoms with Crippen LogP contribution in [-0.2, 0) is 0 Å². The third-order valence-corrected chi connectivity index (χ3v) is 3.01. The predicted molar refractivity (Wildman–Crippen MR) is 67.0 cm³/mol. The summed E-state index contributed by atoms with van der Waals surface area (Å²) in [6, 6.07) is 1.90. The molecule has 3 heterocycles. The van der Waals surface area contributed by atoms with E-state index in [4.69, 9.17) is 0 Å². The molecule has 1 aliphatic heterocycles. The van der Waals surface area contributed by atoms with Gasteiger partial charge in [-0.25, -0.2) is 9.97 Å². The Morgan fingerprint density at radius 3 is 2.94 bits per heavy atom. The number of pyridine rings is 1. The lowest BCUT2D eigenvalue weighted by atomic mass is 10.3. The number of rotatable bonds is 1. The van der Waals surface area contributed by atoms with Crippen LogP contribution >= 0.6 is 0 Å². The minimum atomic E-state index is 0.900. The maximum Gasteiger partial charge on any atom is 0.156 e. The van der Waals surface area contributed by atoms with Gasteiger partial charge in [0, 0.05) is 38.2 Å². The first-order chi connectivity index (χ1) is 8.45. The van der Waals surface area contributed by atoms with Gasteiger partial charge in [-0.05, 0) is 19.0 Å². The average Bonchev–Trinajstić information content (AvgIpc) is 2.67. The van der Waals surface area contributed by atoms with E-state index in [1.807, 2.05) is 12.3 Å². The van der Waals surface area contributed by atoms with Crippen molar-refractivity contribution in [1.29, 1.82) is 0 Å². The van der Waals surface area contributed by atoms with E-state index in [9.17, 15) is 0 Å². The second kappa shape index (κ2) is 4.63. The molecule has 0 bridgehead atoms. The third-order valence-electron chi connectivity index (χ3n) is 3.01. The molecule has 0 saturated carbocycles. The molecular weight excluding hydrogens is 214 g/mol. The lowest BCUT2D eigenvalue weighted by molar-refractivity contribution is 0.724. The van der Waals surface area contributed by atoms with Crippen molar-refractivity contribution in [2.24, 2.45) is 0 Å². The highest BCUT2D eigenvalue weighted by molar-refractivity contribution is 5.85. The Labute approximate surface area is 99.9 Å². The number of hydrogen-bond donors (Lipinski definition) is 1. The molecule has 0 amide bonds. The van der Waals surface area contributed by atoms with Gasteiger partial charge in [-0.1, -0.05) is 0 Å². The summed E-state index contributed by atoms with van der Waals surface area (Å²) in [5, 5.41) is 3.39. The molecule has 1 saturated heterocycles. The van der Waals surface area contributed by atoms with Gasteiger partial charge >= 0.3 is 0 Å². The molecule has 0 radical (unpaired) electrons. The molecular formula is C12H15N5. The molecule has 5 heteroatoms. The SMILES string of the molecule is c1cc2nccnc2c(N2CCCNCC2)n1.